The van der Waals surface area contributed by atoms with Crippen molar-refractivity contribution >= 4 is 0 Å². The fourth-order valence-electron chi connectivity index (χ4n) is 2.00. The summed E-state index contributed by atoms with van der Waals surface area (Å²) in [5.41, 5.74) is 7.36. The number of hydrogen-bond donors (Lipinski definition) is 2. The topological polar surface area (TPSA) is 56.5 Å². The van der Waals surface area contributed by atoms with Crippen molar-refractivity contribution in [1.82, 2.24) is 5.32 Å². The average Bonchev–Trinajstić information content (AvgIpc) is 2.90. The van der Waals surface area contributed by atoms with Gasteiger partial charge < -0.3 is 20.5 Å². The van der Waals surface area contributed by atoms with Crippen LogP contribution in [-0.4, -0.2) is 25.4 Å². The molecule has 1 saturated carbocycles. The molecule has 0 radical (unpaired) electrons. The summed E-state index contributed by atoms with van der Waals surface area (Å²) in [6, 6.07) is 6.12. The molecule has 0 bridgehead atoms. The molecule has 3 rings (SSSR count). The predicted octanol–water partition coefficient (Wildman–Crippen LogP) is 1.04. The fraction of sp³-hybridized carbons (Fsp3) is 0.538. The van der Waals surface area contributed by atoms with Crippen molar-refractivity contribution in [3.05, 3.63) is 23.8 Å². The first-order valence-corrected chi connectivity index (χ1v) is 6.13. The zero-order valence-electron chi connectivity index (χ0n) is 9.87. The van der Waals surface area contributed by atoms with Gasteiger partial charge in [-0.15, -0.1) is 0 Å². The highest BCUT2D eigenvalue weighted by atomic mass is 16.7. The molecule has 0 atom stereocenters. The van der Waals surface area contributed by atoms with E-state index < -0.39 is 0 Å². The SMILES string of the molecule is NC1(CNCCc2ccc3c(c2)OCO3)CC1. The second kappa shape index (κ2) is 4.20. The summed E-state index contributed by atoms with van der Waals surface area (Å²) in [6.45, 7) is 2.23. The maximum absolute atomic E-state index is 6.00. The monoisotopic (exact) mass is 234 g/mol. The van der Waals surface area contributed by atoms with Gasteiger partial charge in [-0.05, 0) is 43.5 Å². The van der Waals surface area contributed by atoms with Crippen LogP contribution in [0.1, 0.15) is 18.4 Å². The van der Waals surface area contributed by atoms with Gasteiger partial charge in [-0.25, -0.2) is 0 Å². The van der Waals surface area contributed by atoms with E-state index in [-0.39, 0.29) is 5.54 Å². The van der Waals surface area contributed by atoms with E-state index in [0.29, 0.717) is 6.79 Å². The van der Waals surface area contributed by atoms with Crippen molar-refractivity contribution in [2.45, 2.75) is 24.8 Å². The number of fused-ring (bicyclic) bond motifs is 1. The van der Waals surface area contributed by atoms with E-state index in [1.165, 1.54) is 5.56 Å². The Hall–Kier alpha value is -1.26. The van der Waals surface area contributed by atoms with Crippen LogP contribution in [-0.2, 0) is 6.42 Å². The molecule has 92 valence electrons. The minimum atomic E-state index is 0.0921. The third-order valence-electron chi connectivity index (χ3n) is 3.40. The maximum Gasteiger partial charge on any atom is 0.231 e. The molecule has 1 heterocycles. The standard InChI is InChI=1S/C13H18N2O2/c14-13(4-5-13)8-15-6-3-10-1-2-11-12(7-10)17-9-16-11/h1-2,7,15H,3-6,8-9,14H2. The zero-order valence-corrected chi connectivity index (χ0v) is 9.87. The van der Waals surface area contributed by atoms with Crippen LogP contribution in [0.3, 0.4) is 0 Å². The molecule has 1 aromatic rings. The molecule has 4 heteroatoms. The third-order valence-corrected chi connectivity index (χ3v) is 3.40. The van der Waals surface area contributed by atoms with E-state index in [9.17, 15) is 0 Å². The predicted molar refractivity (Wildman–Crippen MR) is 65.3 cm³/mol. The van der Waals surface area contributed by atoms with Crippen LogP contribution >= 0.6 is 0 Å². The molecular formula is C13H18N2O2. The second-order valence-electron chi connectivity index (χ2n) is 4.98. The normalized spacial score (nSPS) is 19.4. The van der Waals surface area contributed by atoms with Gasteiger partial charge in [0.1, 0.15) is 0 Å². The second-order valence-corrected chi connectivity index (χ2v) is 4.98. The van der Waals surface area contributed by atoms with Gasteiger partial charge in [0.25, 0.3) is 0 Å². The van der Waals surface area contributed by atoms with Crippen molar-refractivity contribution < 1.29 is 9.47 Å². The van der Waals surface area contributed by atoms with E-state index in [4.69, 9.17) is 15.2 Å². The van der Waals surface area contributed by atoms with Crippen LogP contribution in [0.2, 0.25) is 0 Å². The van der Waals surface area contributed by atoms with E-state index in [2.05, 4.69) is 17.4 Å². The number of benzene rings is 1. The molecule has 0 spiro atoms. The molecule has 1 aliphatic heterocycles. The van der Waals surface area contributed by atoms with Crippen LogP contribution < -0.4 is 20.5 Å². The van der Waals surface area contributed by atoms with Gasteiger partial charge in [-0.3, -0.25) is 0 Å². The summed E-state index contributed by atoms with van der Waals surface area (Å²) in [6.07, 6.45) is 3.31. The maximum atomic E-state index is 6.00. The van der Waals surface area contributed by atoms with Crippen molar-refractivity contribution in [3.63, 3.8) is 0 Å². The number of rotatable bonds is 5. The van der Waals surface area contributed by atoms with Crippen LogP contribution in [0.4, 0.5) is 0 Å². The Morgan fingerprint density at radius 3 is 2.88 bits per heavy atom. The van der Waals surface area contributed by atoms with E-state index >= 15 is 0 Å². The molecule has 1 aromatic carbocycles. The molecule has 0 amide bonds. The highest BCUT2D eigenvalue weighted by Gasteiger charge is 2.37. The molecule has 1 aliphatic carbocycles. The van der Waals surface area contributed by atoms with Crippen LogP contribution in [0, 0.1) is 0 Å². The highest BCUT2D eigenvalue weighted by Crippen LogP contribution is 2.33. The average molecular weight is 234 g/mol. The summed E-state index contributed by atoms with van der Waals surface area (Å²) in [4.78, 5) is 0. The largest absolute Gasteiger partial charge is 0.454 e. The lowest BCUT2D eigenvalue weighted by Crippen LogP contribution is -2.36. The number of nitrogens with one attached hydrogen (secondary N) is 1. The van der Waals surface area contributed by atoms with Gasteiger partial charge >= 0.3 is 0 Å². The van der Waals surface area contributed by atoms with E-state index in [1.54, 1.807) is 0 Å². The van der Waals surface area contributed by atoms with Gasteiger partial charge in [0.05, 0.1) is 0 Å². The Kier molecular flexibility index (Phi) is 2.68. The molecule has 0 aromatic heterocycles. The van der Waals surface area contributed by atoms with Crippen molar-refractivity contribution in [2.24, 2.45) is 5.73 Å². The molecule has 3 N–H and O–H groups in total. The molecule has 4 nitrogen and oxygen atoms in total. The van der Waals surface area contributed by atoms with Gasteiger partial charge in [0.2, 0.25) is 6.79 Å². The summed E-state index contributed by atoms with van der Waals surface area (Å²) in [7, 11) is 0. The highest BCUT2D eigenvalue weighted by molar-refractivity contribution is 5.44. The van der Waals surface area contributed by atoms with E-state index in [1.807, 2.05) is 6.07 Å². The molecular weight excluding hydrogens is 216 g/mol. The number of ether oxygens (including phenoxy) is 2. The Bertz CT molecular complexity index is 416. The lowest BCUT2D eigenvalue weighted by atomic mass is 10.1. The van der Waals surface area contributed by atoms with Crippen molar-refractivity contribution in [1.29, 1.82) is 0 Å². The number of hydrogen-bond acceptors (Lipinski definition) is 4. The van der Waals surface area contributed by atoms with Crippen LogP contribution in [0.15, 0.2) is 18.2 Å². The van der Waals surface area contributed by atoms with Gasteiger partial charge in [-0.1, -0.05) is 6.07 Å². The number of nitrogens with two attached hydrogens (primary N) is 1. The third kappa shape index (κ3) is 2.53. The van der Waals surface area contributed by atoms with Crippen LogP contribution in [0.25, 0.3) is 0 Å². The summed E-state index contributed by atoms with van der Waals surface area (Å²) in [5.74, 6) is 1.71. The lowest BCUT2D eigenvalue weighted by Gasteiger charge is -2.10. The van der Waals surface area contributed by atoms with Gasteiger partial charge in [-0.2, -0.15) is 0 Å². The van der Waals surface area contributed by atoms with Crippen molar-refractivity contribution in [2.75, 3.05) is 19.9 Å². The zero-order chi connectivity index (χ0) is 11.7. The first-order chi connectivity index (χ1) is 8.25. The molecule has 2 aliphatic rings. The molecule has 0 saturated heterocycles. The molecule has 17 heavy (non-hydrogen) atoms. The molecule has 1 fully saturated rings. The first-order valence-electron chi connectivity index (χ1n) is 6.13. The molecule has 0 unspecified atom stereocenters. The van der Waals surface area contributed by atoms with E-state index in [0.717, 1.165) is 43.9 Å². The smallest absolute Gasteiger partial charge is 0.231 e. The quantitative estimate of drug-likeness (QED) is 0.747. The fourth-order valence-corrected chi connectivity index (χ4v) is 2.00. The Morgan fingerprint density at radius 1 is 1.24 bits per heavy atom. The van der Waals surface area contributed by atoms with Crippen LogP contribution in [0.5, 0.6) is 11.5 Å². The first kappa shape index (κ1) is 10.9. The minimum Gasteiger partial charge on any atom is -0.454 e. The summed E-state index contributed by atoms with van der Waals surface area (Å²) < 4.78 is 10.6. The Balaban J connectivity index is 1.48. The van der Waals surface area contributed by atoms with Gasteiger partial charge in [0, 0.05) is 12.1 Å². The Labute approximate surface area is 101 Å². The van der Waals surface area contributed by atoms with Crippen molar-refractivity contribution in [3.8, 4) is 11.5 Å². The minimum absolute atomic E-state index is 0.0921. The summed E-state index contributed by atoms with van der Waals surface area (Å²) in [5, 5.41) is 3.41. The lowest BCUT2D eigenvalue weighted by molar-refractivity contribution is 0.174. The van der Waals surface area contributed by atoms with Gasteiger partial charge in [0.15, 0.2) is 11.5 Å². The summed E-state index contributed by atoms with van der Waals surface area (Å²) >= 11 is 0. The Morgan fingerprint density at radius 2 is 2.06 bits per heavy atom.